The molecule has 0 amide bonds. The summed E-state index contributed by atoms with van der Waals surface area (Å²) < 4.78 is 3.18. The molecule has 0 aliphatic heterocycles. The van der Waals surface area contributed by atoms with Crippen LogP contribution in [0.5, 0.6) is 5.88 Å². The van der Waals surface area contributed by atoms with Gasteiger partial charge in [0.05, 0.1) is 12.1 Å². The van der Waals surface area contributed by atoms with Crippen LogP contribution >= 0.6 is 34.2 Å². The van der Waals surface area contributed by atoms with Gasteiger partial charge in [-0.05, 0) is 34.7 Å². The summed E-state index contributed by atoms with van der Waals surface area (Å²) in [4.78, 5) is 16.1. The highest BCUT2D eigenvalue weighted by Crippen LogP contribution is 2.11. The number of fused-ring (bicyclic) bond motifs is 1. The molecule has 0 fully saturated rings. The summed E-state index contributed by atoms with van der Waals surface area (Å²) in [5, 5.41) is 12.8. The highest BCUT2D eigenvalue weighted by atomic mass is 127. The van der Waals surface area contributed by atoms with E-state index in [0.717, 1.165) is 5.56 Å². The molecule has 0 N–H and O–H groups in total. The molecule has 3 rings (SSSR count). The summed E-state index contributed by atoms with van der Waals surface area (Å²) in [7, 11) is 0. The van der Waals surface area contributed by atoms with Crippen molar-refractivity contribution in [3.05, 3.63) is 67.4 Å². The number of hydrogen-bond donors (Lipinski definition) is 0. The normalized spacial score (nSPS) is 11.0. The highest BCUT2D eigenvalue weighted by Gasteiger charge is 2.16. The first kappa shape index (κ1) is 14.3. The zero-order chi connectivity index (χ0) is 15.0. The van der Waals surface area contributed by atoms with E-state index in [1.54, 1.807) is 69.9 Å². The molecular weight excluding hydrogens is 405 g/mol. The smallest absolute Gasteiger partial charge is 0.355 e. The zero-order valence-electron chi connectivity index (χ0n) is 10.7. The monoisotopic (exact) mass is 413 g/mol. The fourth-order valence-electron chi connectivity index (χ4n) is 2.08. The number of halogens is 2. The Morgan fingerprint density at radius 3 is 2.86 bits per heavy atom. The third-order valence-corrected chi connectivity index (χ3v) is 4.23. The fraction of sp³-hybridized carbons (Fsp3) is 0.0714. The first-order chi connectivity index (χ1) is 10.1. The molecule has 3 aromatic heterocycles. The van der Waals surface area contributed by atoms with Crippen molar-refractivity contribution in [3.8, 4) is 5.88 Å². The van der Waals surface area contributed by atoms with Gasteiger partial charge in [-0.25, -0.2) is 14.3 Å². The summed E-state index contributed by atoms with van der Waals surface area (Å²) >= 11 is 7.55. The summed E-state index contributed by atoms with van der Waals surface area (Å²) in [5.74, 6) is -0.304. The highest BCUT2D eigenvalue weighted by molar-refractivity contribution is 14.1. The SMILES string of the molecule is O=c1c(I)c([O-])[n+](Cc2ccc(Cl)nc2)c2ccccn12. The quantitative estimate of drug-likeness (QED) is 0.362. The Morgan fingerprint density at radius 2 is 2.14 bits per heavy atom. The summed E-state index contributed by atoms with van der Waals surface area (Å²) in [5.41, 5.74) is 1.08. The summed E-state index contributed by atoms with van der Waals surface area (Å²) in [6.45, 7) is 0.326. The molecule has 106 valence electrons. The number of rotatable bonds is 2. The molecule has 0 aromatic carbocycles. The molecule has 0 radical (unpaired) electrons. The molecular formula is C14H9ClIN3O2. The first-order valence-corrected chi connectivity index (χ1v) is 7.54. The second-order valence-corrected chi connectivity index (χ2v) is 5.89. The van der Waals surface area contributed by atoms with E-state index in [2.05, 4.69) is 4.98 Å². The lowest BCUT2D eigenvalue weighted by atomic mass is 10.3. The molecule has 0 unspecified atom stereocenters. The molecule has 3 aromatic rings. The number of nitrogens with zero attached hydrogens (tertiary/aromatic N) is 3. The van der Waals surface area contributed by atoms with Crippen LogP contribution in [0.25, 0.3) is 5.65 Å². The standard InChI is InChI=1S/C14H9ClIN3O2/c15-10-5-4-9(7-17-10)8-19-11-3-1-2-6-18(11)13(20)12(16)14(19)21/h1-7H,8H2. The van der Waals surface area contributed by atoms with Gasteiger partial charge in [-0.2, -0.15) is 4.40 Å². The minimum Gasteiger partial charge on any atom is -0.841 e. The predicted molar refractivity (Wildman–Crippen MR) is 84.4 cm³/mol. The number of pyridine rings is 2. The zero-order valence-corrected chi connectivity index (χ0v) is 13.6. The molecule has 5 nitrogen and oxygen atoms in total. The van der Waals surface area contributed by atoms with Crippen LogP contribution in [0.2, 0.25) is 5.15 Å². The van der Waals surface area contributed by atoms with Crippen molar-refractivity contribution in [2.24, 2.45) is 0 Å². The first-order valence-electron chi connectivity index (χ1n) is 6.08. The van der Waals surface area contributed by atoms with E-state index >= 15 is 0 Å². The Bertz CT molecular complexity index is 878. The molecule has 7 heteroatoms. The third-order valence-electron chi connectivity index (χ3n) is 3.08. The lowest BCUT2D eigenvalue weighted by Gasteiger charge is -2.14. The molecule has 0 aliphatic carbocycles. The van der Waals surface area contributed by atoms with Crippen LogP contribution in [0.15, 0.2) is 47.5 Å². The maximum Gasteiger partial charge on any atom is 0.355 e. The maximum atomic E-state index is 12.4. The average molecular weight is 414 g/mol. The second-order valence-electron chi connectivity index (χ2n) is 4.43. The van der Waals surface area contributed by atoms with Crippen molar-refractivity contribution in [1.29, 1.82) is 0 Å². The van der Waals surface area contributed by atoms with Crippen LogP contribution in [0.3, 0.4) is 0 Å². The van der Waals surface area contributed by atoms with Gasteiger partial charge in [0.15, 0.2) is 0 Å². The molecule has 0 atom stereocenters. The van der Waals surface area contributed by atoms with Gasteiger partial charge in [0.1, 0.15) is 15.3 Å². The van der Waals surface area contributed by atoms with Gasteiger partial charge >= 0.3 is 5.56 Å². The van der Waals surface area contributed by atoms with E-state index in [1.165, 1.54) is 4.40 Å². The van der Waals surface area contributed by atoms with Crippen molar-refractivity contribution in [2.45, 2.75) is 6.54 Å². The van der Waals surface area contributed by atoms with Crippen molar-refractivity contribution in [1.82, 2.24) is 9.38 Å². The van der Waals surface area contributed by atoms with Crippen LogP contribution in [-0.2, 0) is 6.54 Å². The minimum absolute atomic E-state index is 0.165. The van der Waals surface area contributed by atoms with E-state index in [0.29, 0.717) is 17.3 Å². The Balaban J connectivity index is 2.22. The van der Waals surface area contributed by atoms with E-state index in [4.69, 9.17) is 11.6 Å². The van der Waals surface area contributed by atoms with Gasteiger partial charge < -0.3 is 5.11 Å². The minimum atomic E-state index is -0.304. The average Bonchev–Trinajstić information content (AvgIpc) is 2.51. The lowest BCUT2D eigenvalue weighted by Crippen LogP contribution is -2.44. The lowest BCUT2D eigenvalue weighted by molar-refractivity contribution is -0.709. The van der Waals surface area contributed by atoms with Gasteiger partial charge in [0.25, 0.3) is 5.65 Å². The van der Waals surface area contributed by atoms with Crippen molar-refractivity contribution < 1.29 is 9.67 Å². The number of hydrogen-bond acceptors (Lipinski definition) is 3. The Kier molecular flexibility index (Phi) is 3.81. The molecule has 0 saturated carbocycles. The van der Waals surface area contributed by atoms with Crippen LogP contribution < -0.4 is 15.2 Å². The van der Waals surface area contributed by atoms with Crippen molar-refractivity contribution >= 4 is 39.8 Å². The molecule has 0 aliphatic rings. The van der Waals surface area contributed by atoms with E-state index in [9.17, 15) is 9.90 Å². The van der Waals surface area contributed by atoms with Gasteiger partial charge in [-0.1, -0.05) is 23.7 Å². The van der Waals surface area contributed by atoms with Gasteiger partial charge in [0, 0.05) is 17.8 Å². The van der Waals surface area contributed by atoms with Crippen LogP contribution in [0.1, 0.15) is 5.56 Å². The molecule has 0 saturated heterocycles. The molecule has 0 spiro atoms. The van der Waals surface area contributed by atoms with Crippen LogP contribution in [0, 0.1) is 3.57 Å². The Labute approximate surface area is 138 Å². The Hall–Kier alpha value is -1.67. The molecule has 21 heavy (non-hydrogen) atoms. The van der Waals surface area contributed by atoms with E-state index in [-0.39, 0.29) is 15.0 Å². The van der Waals surface area contributed by atoms with Crippen molar-refractivity contribution in [2.75, 3.05) is 0 Å². The predicted octanol–water partition coefficient (Wildman–Crippen LogP) is 1.36. The van der Waals surface area contributed by atoms with E-state index in [1.807, 2.05) is 0 Å². The number of aromatic nitrogens is 3. The molecule has 3 heterocycles. The summed E-state index contributed by atoms with van der Waals surface area (Å²) in [6.07, 6.45) is 3.27. The Morgan fingerprint density at radius 1 is 1.33 bits per heavy atom. The van der Waals surface area contributed by atoms with Gasteiger partial charge in [-0.15, -0.1) is 0 Å². The topological polar surface area (TPSA) is 61.3 Å². The van der Waals surface area contributed by atoms with Crippen molar-refractivity contribution in [3.63, 3.8) is 0 Å². The largest absolute Gasteiger partial charge is 0.841 e. The van der Waals surface area contributed by atoms with Crippen LogP contribution in [0.4, 0.5) is 0 Å². The van der Waals surface area contributed by atoms with Gasteiger partial charge in [-0.3, -0.25) is 0 Å². The maximum absolute atomic E-state index is 12.4. The van der Waals surface area contributed by atoms with Crippen LogP contribution in [-0.4, -0.2) is 9.38 Å². The van der Waals surface area contributed by atoms with Gasteiger partial charge in [0.2, 0.25) is 0 Å². The van der Waals surface area contributed by atoms with E-state index < -0.39 is 0 Å². The summed E-state index contributed by atoms with van der Waals surface area (Å²) in [6, 6.07) is 8.76. The fourth-order valence-corrected chi connectivity index (χ4v) is 2.74. The second kappa shape index (κ2) is 5.61. The third kappa shape index (κ3) is 2.60. The molecule has 0 bridgehead atoms.